The molecule has 0 aromatic heterocycles. The summed E-state index contributed by atoms with van der Waals surface area (Å²) in [7, 11) is 0. The third-order valence-corrected chi connectivity index (χ3v) is 8.12. The molecule has 1 aromatic rings. The molecule has 0 N–H and O–H groups in total. The molecule has 3 rings (SSSR count). The molecule has 1 unspecified atom stereocenters. The first-order chi connectivity index (χ1) is 7.13. The molecule has 78 valence electrons. The van der Waals surface area contributed by atoms with Gasteiger partial charge in [-0.15, -0.1) is 0 Å². The van der Waals surface area contributed by atoms with Crippen LogP contribution in [0.2, 0.25) is 0 Å². The van der Waals surface area contributed by atoms with Crippen molar-refractivity contribution in [3.8, 4) is 0 Å². The van der Waals surface area contributed by atoms with E-state index in [0.717, 1.165) is 3.11 Å². The summed E-state index contributed by atoms with van der Waals surface area (Å²) in [5, 5.41) is 0. The second-order valence-electron chi connectivity index (χ2n) is 3.19. The van der Waals surface area contributed by atoms with Crippen molar-refractivity contribution in [2.75, 3.05) is 6.54 Å². The minimum atomic E-state index is -4.18. The Hall–Kier alpha value is -1.31. The number of carbonyl (C=O) groups is 2. The fourth-order valence-corrected chi connectivity index (χ4v) is 6.95. The van der Waals surface area contributed by atoms with Crippen molar-refractivity contribution in [3.05, 3.63) is 33.4 Å². The Morgan fingerprint density at radius 2 is 2.00 bits per heavy atom. The fraction of sp³-hybridized carbons (Fsp3) is 0.111. The zero-order valence-corrected chi connectivity index (χ0v) is 9.63. The average molecular weight is 319 g/mol. The van der Waals surface area contributed by atoms with Gasteiger partial charge >= 0.3 is 89.8 Å². The van der Waals surface area contributed by atoms with Crippen LogP contribution in [-0.4, -0.2) is 21.5 Å². The number of nitrogens with zero attached hydrogens (tertiary/aromatic N) is 1. The molecule has 2 aliphatic heterocycles. The molecule has 15 heavy (non-hydrogen) atoms. The van der Waals surface area contributed by atoms with E-state index in [-0.39, 0.29) is 12.5 Å². The van der Waals surface area contributed by atoms with Crippen LogP contribution < -0.4 is 0 Å². The van der Waals surface area contributed by atoms with E-state index in [1.807, 2.05) is 0 Å². The summed E-state index contributed by atoms with van der Waals surface area (Å²) in [6.45, 7) is -0.187. The molecule has 1 saturated heterocycles. The second kappa shape index (κ2) is 2.63. The molecule has 0 spiro atoms. The number of amides is 1. The molecular formula is C9H6INO4. The van der Waals surface area contributed by atoms with Crippen molar-refractivity contribution in [1.29, 1.82) is 0 Å². The van der Waals surface area contributed by atoms with Crippen LogP contribution in [-0.2, 0) is 10.9 Å². The van der Waals surface area contributed by atoms with Crippen LogP contribution in [0.1, 0.15) is 10.4 Å². The van der Waals surface area contributed by atoms with Crippen LogP contribution in [0.5, 0.6) is 0 Å². The molecule has 6 heteroatoms. The SMILES string of the molecule is O=C1CN2C(=O)c3ccccc3I2(=O)O1. The van der Waals surface area contributed by atoms with E-state index in [1.165, 1.54) is 0 Å². The van der Waals surface area contributed by atoms with Gasteiger partial charge in [-0.3, -0.25) is 0 Å². The van der Waals surface area contributed by atoms with Crippen LogP contribution >= 0.6 is 19.1 Å². The molecule has 2 heterocycles. The normalized spacial score (nSPS) is 31.9. The topological polar surface area (TPSA) is 63.7 Å². The summed E-state index contributed by atoms with van der Waals surface area (Å²) >= 11 is -4.18. The van der Waals surface area contributed by atoms with E-state index >= 15 is 0 Å². The number of benzene rings is 1. The first kappa shape index (κ1) is 8.96. The van der Waals surface area contributed by atoms with E-state index < -0.39 is 25.1 Å². The van der Waals surface area contributed by atoms with Gasteiger partial charge in [0.2, 0.25) is 0 Å². The third-order valence-electron chi connectivity index (χ3n) is 2.31. The van der Waals surface area contributed by atoms with E-state index in [4.69, 9.17) is 3.07 Å². The minimum absolute atomic E-state index is 0.187. The Balaban J connectivity index is 2.30. The Morgan fingerprint density at radius 3 is 2.80 bits per heavy atom. The summed E-state index contributed by atoms with van der Waals surface area (Å²) < 4.78 is 18.7. The number of hydrogen-bond acceptors (Lipinski definition) is 4. The summed E-state index contributed by atoms with van der Waals surface area (Å²) in [5.41, 5.74) is 0.399. The van der Waals surface area contributed by atoms with Gasteiger partial charge in [-0.25, -0.2) is 0 Å². The Bertz CT molecular complexity index is 539. The number of rotatable bonds is 0. The standard InChI is InChI=1S/C9H6INO4/c12-8-5-11-9(13)6-3-1-2-4-7(6)10(11,14)15-8/h1-4H,5H2. The van der Waals surface area contributed by atoms with Crippen LogP contribution in [0, 0.1) is 3.57 Å². The predicted molar refractivity (Wildman–Crippen MR) is 57.0 cm³/mol. The number of fused-ring (bicyclic) bond motifs is 3. The van der Waals surface area contributed by atoms with E-state index in [9.17, 15) is 12.7 Å². The molecule has 2 aliphatic rings. The van der Waals surface area contributed by atoms with E-state index in [2.05, 4.69) is 0 Å². The van der Waals surface area contributed by atoms with Gasteiger partial charge in [-0.1, -0.05) is 0 Å². The zero-order valence-electron chi connectivity index (χ0n) is 7.47. The molecule has 1 aromatic carbocycles. The molecule has 0 bridgehead atoms. The first-order valence-corrected chi connectivity index (χ1v) is 8.05. The molecule has 0 aliphatic carbocycles. The molecule has 0 radical (unpaired) electrons. The molecular weight excluding hydrogens is 313 g/mol. The Labute approximate surface area is 89.8 Å². The quantitative estimate of drug-likeness (QED) is 0.530. The van der Waals surface area contributed by atoms with Gasteiger partial charge in [0.15, 0.2) is 0 Å². The van der Waals surface area contributed by atoms with Crippen LogP contribution in [0.4, 0.5) is 0 Å². The number of carbonyl (C=O) groups excluding carboxylic acids is 2. The van der Waals surface area contributed by atoms with Crippen LogP contribution in [0.15, 0.2) is 24.3 Å². The molecule has 1 fully saturated rings. The second-order valence-corrected chi connectivity index (χ2v) is 8.47. The number of halogens is 1. The van der Waals surface area contributed by atoms with Crippen molar-refractivity contribution in [1.82, 2.24) is 3.11 Å². The van der Waals surface area contributed by atoms with Gasteiger partial charge < -0.3 is 0 Å². The van der Waals surface area contributed by atoms with Crippen molar-refractivity contribution >= 4 is 31.0 Å². The summed E-state index contributed by atoms with van der Waals surface area (Å²) in [4.78, 5) is 22.8. The van der Waals surface area contributed by atoms with Gasteiger partial charge in [0.1, 0.15) is 0 Å². The third kappa shape index (κ3) is 0.969. The summed E-state index contributed by atoms with van der Waals surface area (Å²) in [6.07, 6.45) is 0. The zero-order chi connectivity index (χ0) is 10.6. The van der Waals surface area contributed by atoms with Gasteiger partial charge in [0.25, 0.3) is 0 Å². The van der Waals surface area contributed by atoms with Crippen molar-refractivity contribution in [2.45, 2.75) is 0 Å². The molecule has 0 saturated carbocycles. The van der Waals surface area contributed by atoms with Crippen LogP contribution in [0.25, 0.3) is 0 Å². The van der Waals surface area contributed by atoms with Crippen molar-refractivity contribution in [2.24, 2.45) is 0 Å². The molecule has 1 atom stereocenters. The van der Waals surface area contributed by atoms with Gasteiger partial charge in [-0.05, 0) is 0 Å². The van der Waals surface area contributed by atoms with Crippen LogP contribution in [0.3, 0.4) is 0 Å². The summed E-state index contributed by atoms with van der Waals surface area (Å²) in [6, 6.07) is 6.58. The average Bonchev–Trinajstić information content (AvgIpc) is 2.62. The van der Waals surface area contributed by atoms with Crippen molar-refractivity contribution < 1.29 is 15.7 Å². The van der Waals surface area contributed by atoms with Gasteiger partial charge in [0.05, 0.1) is 0 Å². The maximum absolute atomic E-state index is 12.3. The van der Waals surface area contributed by atoms with E-state index in [0.29, 0.717) is 9.13 Å². The monoisotopic (exact) mass is 319 g/mol. The van der Waals surface area contributed by atoms with Gasteiger partial charge in [-0.2, -0.15) is 0 Å². The fourth-order valence-electron chi connectivity index (χ4n) is 1.67. The summed E-state index contributed by atoms with van der Waals surface area (Å²) in [5.74, 6) is -0.938. The maximum atomic E-state index is 12.3. The Morgan fingerprint density at radius 1 is 1.27 bits per heavy atom. The van der Waals surface area contributed by atoms with Gasteiger partial charge in [0, 0.05) is 0 Å². The predicted octanol–water partition coefficient (Wildman–Crippen LogP) is 1.09. The van der Waals surface area contributed by atoms with Crippen molar-refractivity contribution in [3.63, 3.8) is 0 Å². The first-order valence-electron chi connectivity index (χ1n) is 4.25. The molecule has 5 nitrogen and oxygen atoms in total. The van der Waals surface area contributed by atoms with E-state index in [1.54, 1.807) is 24.3 Å². The number of hydrogen-bond donors (Lipinski definition) is 0. The Kier molecular flexibility index (Phi) is 1.57. The molecule has 1 amide bonds.